The van der Waals surface area contributed by atoms with Gasteiger partial charge in [0.2, 0.25) is 0 Å². The van der Waals surface area contributed by atoms with Crippen molar-refractivity contribution in [3.63, 3.8) is 0 Å². The quantitative estimate of drug-likeness (QED) is 0.571. The predicted octanol–water partition coefficient (Wildman–Crippen LogP) is 2.25. The molecule has 13 heavy (non-hydrogen) atoms. The van der Waals surface area contributed by atoms with Crippen LogP contribution in [-0.2, 0) is 4.74 Å². The monoisotopic (exact) mass is 173 g/mol. The van der Waals surface area contributed by atoms with Gasteiger partial charge < -0.3 is 4.74 Å². The van der Waals surface area contributed by atoms with Crippen molar-refractivity contribution in [1.29, 1.82) is 0 Å². The summed E-state index contributed by atoms with van der Waals surface area (Å²) in [5, 5.41) is 1.20. The third-order valence-corrected chi connectivity index (χ3v) is 1.72. The first kappa shape index (κ1) is 8.20. The van der Waals surface area contributed by atoms with Crippen LogP contribution >= 0.6 is 0 Å². The lowest BCUT2D eigenvalue weighted by Gasteiger charge is -1.91. The Hall–Kier alpha value is -1.41. The van der Waals surface area contributed by atoms with Crippen molar-refractivity contribution in [3.8, 4) is 0 Å². The van der Waals surface area contributed by atoms with E-state index in [0.29, 0.717) is 0 Å². The molecule has 2 aromatic rings. The summed E-state index contributed by atoms with van der Waals surface area (Å²) in [6, 6.07) is 12.1. The second-order valence-electron chi connectivity index (χ2n) is 2.81. The Labute approximate surface area is 77.2 Å². The standard InChI is InChI=1S/C9H7N.C2H4O/c1-2-6-9-8(4-1)5-3-7-10-9;1-2-3-1/h1-7H;1-2H2. The van der Waals surface area contributed by atoms with Crippen molar-refractivity contribution >= 4 is 10.9 Å². The highest BCUT2D eigenvalue weighted by molar-refractivity contribution is 5.77. The zero-order valence-corrected chi connectivity index (χ0v) is 7.31. The van der Waals surface area contributed by atoms with E-state index >= 15 is 0 Å². The summed E-state index contributed by atoms with van der Waals surface area (Å²) < 4.78 is 4.50. The first-order chi connectivity index (χ1) is 6.47. The molecule has 2 heterocycles. The molecule has 0 bridgehead atoms. The van der Waals surface area contributed by atoms with Gasteiger partial charge in [0.25, 0.3) is 0 Å². The lowest BCUT2D eigenvalue weighted by atomic mass is 10.2. The number of hydrogen-bond donors (Lipinski definition) is 0. The molecule has 0 saturated carbocycles. The molecule has 1 aliphatic heterocycles. The van der Waals surface area contributed by atoms with Gasteiger partial charge in [-0.2, -0.15) is 0 Å². The van der Waals surface area contributed by atoms with Crippen LogP contribution in [0.4, 0.5) is 0 Å². The molecule has 2 heteroatoms. The van der Waals surface area contributed by atoms with Crippen LogP contribution in [0.15, 0.2) is 42.6 Å². The van der Waals surface area contributed by atoms with Crippen molar-refractivity contribution in [1.82, 2.24) is 4.98 Å². The van der Waals surface area contributed by atoms with Gasteiger partial charge in [-0.25, -0.2) is 0 Å². The van der Waals surface area contributed by atoms with Crippen LogP contribution in [0.25, 0.3) is 10.9 Å². The summed E-state index contributed by atoms with van der Waals surface area (Å²) in [6.45, 7) is 2.00. The molecule has 0 spiro atoms. The van der Waals surface area contributed by atoms with E-state index in [9.17, 15) is 0 Å². The maximum Gasteiger partial charge on any atom is 0.0701 e. The van der Waals surface area contributed by atoms with E-state index in [1.807, 2.05) is 30.5 Å². The summed E-state index contributed by atoms with van der Waals surface area (Å²) in [5.74, 6) is 0. The van der Waals surface area contributed by atoms with Crippen molar-refractivity contribution in [2.75, 3.05) is 13.2 Å². The number of benzene rings is 1. The van der Waals surface area contributed by atoms with Gasteiger partial charge in [-0.1, -0.05) is 24.3 Å². The first-order valence-electron chi connectivity index (χ1n) is 4.34. The van der Waals surface area contributed by atoms with Gasteiger partial charge in [0.05, 0.1) is 18.7 Å². The number of ether oxygens (including phenoxy) is 1. The minimum Gasteiger partial charge on any atom is -0.377 e. The Morgan fingerprint density at radius 3 is 2.38 bits per heavy atom. The lowest BCUT2D eigenvalue weighted by molar-refractivity contribution is 0.475. The van der Waals surface area contributed by atoms with Crippen LogP contribution in [0.3, 0.4) is 0 Å². The average Bonchev–Trinajstić information content (AvgIpc) is 3.05. The van der Waals surface area contributed by atoms with E-state index < -0.39 is 0 Å². The number of fused-ring (bicyclic) bond motifs is 1. The zero-order chi connectivity index (χ0) is 8.93. The molecule has 3 rings (SSSR count). The SMILES string of the molecule is C1CO1.c1ccc2ncccc2c1. The van der Waals surface area contributed by atoms with E-state index in [2.05, 4.69) is 21.9 Å². The maximum absolute atomic E-state index is 4.50. The van der Waals surface area contributed by atoms with E-state index in [-0.39, 0.29) is 0 Å². The molecule has 1 fully saturated rings. The summed E-state index contributed by atoms with van der Waals surface area (Å²) in [7, 11) is 0. The zero-order valence-electron chi connectivity index (χ0n) is 7.31. The molecule has 2 nitrogen and oxygen atoms in total. The van der Waals surface area contributed by atoms with Crippen LogP contribution in [0.1, 0.15) is 0 Å². The molecule has 1 aromatic heterocycles. The van der Waals surface area contributed by atoms with Crippen LogP contribution in [-0.4, -0.2) is 18.2 Å². The third-order valence-electron chi connectivity index (χ3n) is 1.72. The number of epoxide rings is 1. The summed E-state index contributed by atoms with van der Waals surface area (Å²) in [6.07, 6.45) is 1.81. The largest absolute Gasteiger partial charge is 0.377 e. The molecular weight excluding hydrogens is 162 g/mol. The highest BCUT2D eigenvalue weighted by atomic mass is 16.6. The average molecular weight is 173 g/mol. The number of para-hydroxylation sites is 1. The summed E-state index contributed by atoms with van der Waals surface area (Å²) in [4.78, 5) is 4.18. The van der Waals surface area contributed by atoms with E-state index in [4.69, 9.17) is 0 Å². The van der Waals surface area contributed by atoms with Gasteiger partial charge >= 0.3 is 0 Å². The number of pyridine rings is 1. The highest BCUT2D eigenvalue weighted by Gasteiger charge is 1.94. The van der Waals surface area contributed by atoms with Crippen LogP contribution in [0, 0.1) is 0 Å². The van der Waals surface area contributed by atoms with Crippen LogP contribution in [0.2, 0.25) is 0 Å². The number of hydrogen-bond acceptors (Lipinski definition) is 2. The van der Waals surface area contributed by atoms with E-state index in [0.717, 1.165) is 18.7 Å². The Morgan fingerprint density at radius 1 is 1.00 bits per heavy atom. The second-order valence-corrected chi connectivity index (χ2v) is 2.81. The molecule has 0 unspecified atom stereocenters. The fourth-order valence-electron chi connectivity index (χ4n) is 1.02. The fraction of sp³-hybridized carbons (Fsp3) is 0.182. The molecule has 1 aliphatic rings. The van der Waals surface area contributed by atoms with Gasteiger partial charge in [-0.05, 0) is 12.1 Å². The van der Waals surface area contributed by atoms with Gasteiger partial charge in [0, 0.05) is 11.6 Å². The molecule has 66 valence electrons. The fourth-order valence-corrected chi connectivity index (χ4v) is 1.02. The van der Waals surface area contributed by atoms with Gasteiger partial charge in [0.15, 0.2) is 0 Å². The maximum atomic E-state index is 4.50. The normalized spacial score (nSPS) is 13.2. The molecule has 0 amide bonds. The smallest absolute Gasteiger partial charge is 0.0701 e. The number of rotatable bonds is 0. The lowest BCUT2D eigenvalue weighted by Crippen LogP contribution is -1.73. The summed E-state index contributed by atoms with van der Waals surface area (Å²) in [5.41, 5.74) is 1.06. The highest BCUT2D eigenvalue weighted by Crippen LogP contribution is 2.07. The molecular formula is C11H11NO. The Balaban J connectivity index is 0.000000185. The van der Waals surface area contributed by atoms with Gasteiger partial charge in [-0.15, -0.1) is 0 Å². The molecule has 0 aliphatic carbocycles. The predicted molar refractivity (Wildman–Crippen MR) is 52.6 cm³/mol. The Morgan fingerprint density at radius 2 is 1.69 bits per heavy atom. The Kier molecular flexibility index (Phi) is 2.53. The molecule has 0 N–H and O–H groups in total. The molecule has 0 radical (unpaired) electrons. The topological polar surface area (TPSA) is 25.4 Å². The molecule has 0 atom stereocenters. The van der Waals surface area contributed by atoms with Crippen LogP contribution in [0.5, 0.6) is 0 Å². The van der Waals surface area contributed by atoms with Crippen LogP contribution < -0.4 is 0 Å². The minimum absolute atomic E-state index is 1.00. The van der Waals surface area contributed by atoms with E-state index in [1.54, 1.807) is 0 Å². The molecule has 1 saturated heterocycles. The Bertz CT molecular complexity index is 316. The van der Waals surface area contributed by atoms with Crippen molar-refractivity contribution in [2.24, 2.45) is 0 Å². The summed E-state index contributed by atoms with van der Waals surface area (Å²) >= 11 is 0. The minimum atomic E-state index is 1.00. The second kappa shape index (κ2) is 4.01. The number of aromatic nitrogens is 1. The van der Waals surface area contributed by atoms with Crippen molar-refractivity contribution in [3.05, 3.63) is 42.6 Å². The first-order valence-corrected chi connectivity index (χ1v) is 4.34. The van der Waals surface area contributed by atoms with Crippen molar-refractivity contribution < 1.29 is 4.74 Å². The van der Waals surface area contributed by atoms with E-state index in [1.165, 1.54) is 5.39 Å². The molecule has 1 aromatic carbocycles. The third kappa shape index (κ3) is 2.53. The number of nitrogens with zero attached hydrogens (tertiary/aromatic N) is 1. The van der Waals surface area contributed by atoms with Crippen molar-refractivity contribution in [2.45, 2.75) is 0 Å². The van der Waals surface area contributed by atoms with Gasteiger partial charge in [-0.3, -0.25) is 4.98 Å². The van der Waals surface area contributed by atoms with Gasteiger partial charge in [0.1, 0.15) is 0 Å².